The number of amides is 1. The lowest BCUT2D eigenvalue weighted by Gasteiger charge is -2.16. The molecule has 0 aliphatic heterocycles. The average Bonchev–Trinajstić information content (AvgIpc) is 3.16. The zero-order valence-electron chi connectivity index (χ0n) is 16.5. The van der Waals surface area contributed by atoms with E-state index in [9.17, 15) is 4.79 Å². The molecule has 1 N–H and O–H groups in total. The van der Waals surface area contributed by atoms with Crippen LogP contribution in [0.2, 0.25) is 5.02 Å². The summed E-state index contributed by atoms with van der Waals surface area (Å²) in [6.45, 7) is 6.42. The van der Waals surface area contributed by atoms with Gasteiger partial charge in [0.2, 0.25) is 0 Å². The van der Waals surface area contributed by atoms with Crippen LogP contribution in [0, 0.1) is 5.92 Å². The van der Waals surface area contributed by atoms with E-state index in [1.54, 1.807) is 12.5 Å². The Balaban J connectivity index is 1.82. The average molecular weight is 396 g/mol. The normalized spacial score (nSPS) is 12.2. The number of aromatic nitrogens is 2. The zero-order valence-corrected chi connectivity index (χ0v) is 17.3. The van der Waals surface area contributed by atoms with E-state index < -0.39 is 0 Å². The summed E-state index contributed by atoms with van der Waals surface area (Å²) in [6.07, 6.45) is 5.32. The van der Waals surface area contributed by atoms with E-state index in [1.807, 2.05) is 60.0 Å². The molecule has 146 valence electrons. The molecule has 5 heteroatoms. The number of nitrogens with zero attached hydrogens (tertiary/aromatic N) is 2. The van der Waals surface area contributed by atoms with Crippen LogP contribution in [0.15, 0.2) is 61.1 Å². The van der Waals surface area contributed by atoms with Gasteiger partial charge in [-0.2, -0.15) is 0 Å². The van der Waals surface area contributed by atoms with Crippen molar-refractivity contribution in [1.82, 2.24) is 14.9 Å². The molecule has 0 aliphatic rings. The monoisotopic (exact) mass is 395 g/mol. The van der Waals surface area contributed by atoms with E-state index in [2.05, 4.69) is 24.1 Å². The minimum atomic E-state index is -0.109. The molecule has 0 aliphatic carbocycles. The van der Waals surface area contributed by atoms with Crippen LogP contribution in [-0.4, -0.2) is 21.5 Å². The molecular weight excluding hydrogens is 370 g/mol. The lowest BCUT2D eigenvalue weighted by atomic mass is 10.0. The SMILES string of the molecule is CC(C)CC[C@H](C)NC(=O)c1cncn1-c1cccc(-c2cccc(Cl)c2)c1. The van der Waals surface area contributed by atoms with E-state index in [0.29, 0.717) is 16.6 Å². The first-order valence-corrected chi connectivity index (χ1v) is 10.0. The van der Waals surface area contributed by atoms with Gasteiger partial charge in [0.05, 0.1) is 12.5 Å². The number of hydrogen-bond acceptors (Lipinski definition) is 2. The van der Waals surface area contributed by atoms with Gasteiger partial charge in [-0.3, -0.25) is 9.36 Å². The third-order valence-electron chi connectivity index (χ3n) is 4.71. The summed E-state index contributed by atoms with van der Waals surface area (Å²) in [5.41, 5.74) is 3.47. The van der Waals surface area contributed by atoms with Gasteiger partial charge in [0.25, 0.3) is 5.91 Å². The quantitative estimate of drug-likeness (QED) is 0.553. The maximum atomic E-state index is 12.8. The molecule has 1 amide bonds. The lowest BCUT2D eigenvalue weighted by molar-refractivity contribution is 0.0930. The minimum absolute atomic E-state index is 0.109. The van der Waals surface area contributed by atoms with Crippen molar-refractivity contribution >= 4 is 17.5 Å². The summed E-state index contributed by atoms with van der Waals surface area (Å²) in [5, 5.41) is 3.78. The Kier molecular flexibility index (Phi) is 6.53. The molecule has 1 atom stereocenters. The van der Waals surface area contributed by atoms with Crippen LogP contribution in [-0.2, 0) is 0 Å². The van der Waals surface area contributed by atoms with Gasteiger partial charge >= 0.3 is 0 Å². The Hall–Kier alpha value is -2.59. The fourth-order valence-corrected chi connectivity index (χ4v) is 3.32. The van der Waals surface area contributed by atoms with Gasteiger partial charge in [0.1, 0.15) is 5.69 Å². The number of benzene rings is 2. The second-order valence-corrected chi connectivity index (χ2v) is 7.99. The Labute approximate surface area is 171 Å². The maximum Gasteiger partial charge on any atom is 0.270 e. The number of hydrogen-bond donors (Lipinski definition) is 1. The van der Waals surface area contributed by atoms with Crippen LogP contribution < -0.4 is 5.32 Å². The molecule has 0 bridgehead atoms. The summed E-state index contributed by atoms with van der Waals surface area (Å²) in [5.74, 6) is 0.515. The zero-order chi connectivity index (χ0) is 20.1. The maximum absolute atomic E-state index is 12.8. The van der Waals surface area contributed by atoms with Crippen LogP contribution in [0.4, 0.5) is 0 Å². The predicted octanol–water partition coefficient (Wildman–Crippen LogP) is 5.75. The second-order valence-electron chi connectivity index (χ2n) is 7.56. The van der Waals surface area contributed by atoms with E-state index in [-0.39, 0.29) is 11.9 Å². The molecule has 0 radical (unpaired) electrons. The molecule has 3 rings (SSSR count). The molecule has 0 saturated carbocycles. The van der Waals surface area contributed by atoms with E-state index in [0.717, 1.165) is 29.7 Å². The third kappa shape index (κ3) is 5.02. The molecule has 0 unspecified atom stereocenters. The van der Waals surface area contributed by atoms with Crippen molar-refractivity contribution in [3.05, 3.63) is 71.8 Å². The molecule has 3 aromatic rings. The van der Waals surface area contributed by atoms with Crippen LogP contribution >= 0.6 is 11.6 Å². The standard InChI is InChI=1S/C23H26ClN3O/c1-16(2)10-11-17(3)26-23(28)22-14-25-15-27(22)21-9-5-7-19(13-21)18-6-4-8-20(24)12-18/h4-9,12-17H,10-11H2,1-3H3,(H,26,28)/t17-/m0/s1. The fourth-order valence-electron chi connectivity index (χ4n) is 3.13. The first-order chi connectivity index (χ1) is 13.4. The highest BCUT2D eigenvalue weighted by Gasteiger charge is 2.16. The van der Waals surface area contributed by atoms with Crippen LogP contribution in [0.5, 0.6) is 0 Å². The van der Waals surface area contributed by atoms with Gasteiger partial charge in [-0.25, -0.2) is 4.98 Å². The molecule has 4 nitrogen and oxygen atoms in total. The van der Waals surface area contributed by atoms with Crippen LogP contribution in [0.1, 0.15) is 44.1 Å². The summed E-state index contributed by atoms with van der Waals surface area (Å²) in [6, 6.07) is 15.9. The first kappa shape index (κ1) is 20.2. The smallest absolute Gasteiger partial charge is 0.270 e. The van der Waals surface area contributed by atoms with Gasteiger partial charge in [-0.15, -0.1) is 0 Å². The topological polar surface area (TPSA) is 46.9 Å². The van der Waals surface area contributed by atoms with Gasteiger partial charge in [0, 0.05) is 16.8 Å². The number of halogens is 1. The van der Waals surface area contributed by atoms with Crippen LogP contribution in [0.25, 0.3) is 16.8 Å². The summed E-state index contributed by atoms with van der Waals surface area (Å²) >= 11 is 6.13. The highest BCUT2D eigenvalue weighted by atomic mass is 35.5. The molecule has 1 aromatic heterocycles. The fraction of sp³-hybridized carbons (Fsp3) is 0.304. The molecule has 0 fully saturated rings. The lowest BCUT2D eigenvalue weighted by Crippen LogP contribution is -2.33. The number of carbonyl (C=O) groups is 1. The molecule has 28 heavy (non-hydrogen) atoms. The van der Waals surface area contributed by atoms with Crippen molar-refractivity contribution in [3.63, 3.8) is 0 Å². The summed E-state index contributed by atoms with van der Waals surface area (Å²) < 4.78 is 1.82. The van der Waals surface area contributed by atoms with Crippen molar-refractivity contribution in [2.75, 3.05) is 0 Å². The molecule has 0 spiro atoms. The number of nitrogens with one attached hydrogen (secondary N) is 1. The predicted molar refractivity (Wildman–Crippen MR) is 115 cm³/mol. The van der Waals surface area contributed by atoms with E-state index in [1.165, 1.54) is 0 Å². The van der Waals surface area contributed by atoms with Crippen LogP contribution in [0.3, 0.4) is 0 Å². The van der Waals surface area contributed by atoms with Crippen molar-refractivity contribution < 1.29 is 4.79 Å². The summed E-state index contributed by atoms with van der Waals surface area (Å²) in [4.78, 5) is 17.0. The number of carbonyl (C=O) groups excluding carboxylic acids is 1. The number of rotatable bonds is 7. The Bertz CT molecular complexity index is 948. The minimum Gasteiger partial charge on any atom is -0.348 e. The number of imidazole rings is 1. The second kappa shape index (κ2) is 9.07. The molecular formula is C23H26ClN3O. The third-order valence-corrected chi connectivity index (χ3v) is 4.94. The highest BCUT2D eigenvalue weighted by molar-refractivity contribution is 6.30. The van der Waals surface area contributed by atoms with Gasteiger partial charge in [0.15, 0.2) is 0 Å². The van der Waals surface area contributed by atoms with Crippen molar-refractivity contribution in [1.29, 1.82) is 0 Å². The molecule has 0 saturated heterocycles. The van der Waals surface area contributed by atoms with E-state index >= 15 is 0 Å². The van der Waals surface area contributed by atoms with Crippen molar-refractivity contribution in [2.24, 2.45) is 5.92 Å². The van der Waals surface area contributed by atoms with E-state index in [4.69, 9.17) is 11.6 Å². The van der Waals surface area contributed by atoms with Gasteiger partial charge in [-0.05, 0) is 61.1 Å². The Morgan fingerprint density at radius 3 is 2.50 bits per heavy atom. The Morgan fingerprint density at radius 2 is 1.79 bits per heavy atom. The highest BCUT2D eigenvalue weighted by Crippen LogP contribution is 2.25. The van der Waals surface area contributed by atoms with Crippen molar-refractivity contribution in [3.8, 4) is 16.8 Å². The molecule has 1 heterocycles. The molecule has 2 aromatic carbocycles. The van der Waals surface area contributed by atoms with Gasteiger partial charge in [-0.1, -0.05) is 49.7 Å². The largest absolute Gasteiger partial charge is 0.348 e. The summed E-state index contributed by atoms with van der Waals surface area (Å²) in [7, 11) is 0. The van der Waals surface area contributed by atoms with Crippen molar-refractivity contribution in [2.45, 2.75) is 39.7 Å². The first-order valence-electron chi connectivity index (χ1n) is 9.63. The van der Waals surface area contributed by atoms with Gasteiger partial charge < -0.3 is 5.32 Å². The Morgan fingerprint density at radius 1 is 1.07 bits per heavy atom.